The molecule has 1 N–H and O–H groups in total. The van der Waals surface area contributed by atoms with Crippen molar-refractivity contribution in [3.05, 3.63) is 23.9 Å². The van der Waals surface area contributed by atoms with Crippen LogP contribution in [0.15, 0.2) is 23.4 Å². The van der Waals surface area contributed by atoms with E-state index in [9.17, 15) is 8.42 Å². The summed E-state index contributed by atoms with van der Waals surface area (Å²) in [4.78, 5) is 3.99. The molecule has 6 heteroatoms. The van der Waals surface area contributed by atoms with Gasteiger partial charge in [-0.3, -0.25) is 0 Å². The molecule has 0 amide bonds. The van der Waals surface area contributed by atoms with Crippen LogP contribution in [-0.2, 0) is 15.8 Å². The zero-order valence-electron chi connectivity index (χ0n) is 10.5. The molecule has 0 aliphatic rings. The van der Waals surface area contributed by atoms with E-state index in [4.69, 9.17) is 0 Å². The van der Waals surface area contributed by atoms with Gasteiger partial charge in [-0.25, -0.2) is 18.1 Å². The van der Waals surface area contributed by atoms with Gasteiger partial charge in [-0.05, 0) is 33.1 Å². The minimum absolute atomic E-state index is 0.129. The Morgan fingerprint density at radius 3 is 2.59 bits per heavy atom. The van der Waals surface area contributed by atoms with Crippen molar-refractivity contribution in [2.24, 2.45) is 0 Å². The maximum atomic E-state index is 12.2. The van der Waals surface area contributed by atoms with Crippen LogP contribution in [0.25, 0.3) is 0 Å². The maximum Gasteiger partial charge on any atom is 0.258 e. The average Bonchev–Trinajstić information content (AvgIpc) is 2.15. The van der Waals surface area contributed by atoms with Crippen LogP contribution in [0.1, 0.15) is 26.3 Å². The fraction of sp³-hybridized carbons (Fsp3) is 0.545. The summed E-state index contributed by atoms with van der Waals surface area (Å²) in [6.45, 7) is 5.42. The van der Waals surface area contributed by atoms with E-state index in [1.165, 1.54) is 6.20 Å². The molecule has 0 aliphatic heterocycles. The molecule has 17 heavy (non-hydrogen) atoms. The Kier molecular flexibility index (Phi) is 4.57. The normalized spacial score (nSPS) is 12.7. The van der Waals surface area contributed by atoms with Crippen molar-refractivity contribution < 1.29 is 8.42 Å². The van der Waals surface area contributed by atoms with Gasteiger partial charge < -0.3 is 0 Å². The van der Waals surface area contributed by atoms with Gasteiger partial charge in [0.25, 0.3) is 10.0 Å². The second kappa shape index (κ2) is 5.37. The van der Waals surface area contributed by atoms with Crippen molar-refractivity contribution in [2.75, 3.05) is 6.26 Å². The minimum atomic E-state index is -3.55. The number of nitrogens with zero attached hydrogens (tertiary/aromatic N) is 1. The Morgan fingerprint density at radius 1 is 1.41 bits per heavy atom. The quantitative estimate of drug-likeness (QED) is 0.912. The lowest BCUT2D eigenvalue weighted by atomic mass is 10.1. The number of thioether (sulfide) groups is 1. The zero-order chi connectivity index (χ0) is 13.1. The van der Waals surface area contributed by atoms with Gasteiger partial charge in [0.2, 0.25) is 0 Å². The molecule has 1 rings (SSSR count). The van der Waals surface area contributed by atoms with E-state index in [1.807, 2.05) is 27.0 Å². The molecule has 0 atom stereocenters. The summed E-state index contributed by atoms with van der Waals surface area (Å²) in [5, 5.41) is 0.129. The van der Waals surface area contributed by atoms with Crippen molar-refractivity contribution in [3.63, 3.8) is 0 Å². The van der Waals surface area contributed by atoms with Crippen molar-refractivity contribution in [3.8, 4) is 0 Å². The van der Waals surface area contributed by atoms with E-state index in [-0.39, 0.29) is 5.03 Å². The molecule has 1 aromatic rings. The topological polar surface area (TPSA) is 59.1 Å². The second-order valence-electron chi connectivity index (χ2n) is 4.76. The monoisotopic (exact) mass is 274 g/mol. The number of rotatable bonds is 4. The van der Waals surface area contributed by atoms with Gasteiger partial charge in [0.05, 0.1) is 0 Å². The van der Waals surface area contributed by atoms with Gasteiger partial charge in [0.15, 0.2) is 5.03 Å². The Hall–Kier alpha value is -0.590. The number of sulfonamides is 1. The number of pyridine rings is 1. The Balaban J connectivity index is 3.15. The SMILES string of the molecule is CSCc1cccnc1S(=O)(=O)NC(C)(C)C. The molecule has 0 saturated carbocycles. The van der Waals surface area contributed by atoms with Gasteiger partial charge in [-0.2, -0.15) is 11.8 Å². The molecule has 0 saturated heterocycles. The Bertz CT molecular complexity index is 478. The molecular weight excluding hydrogens is 256 g/mol. The van der Waals surface area contributed by atoms with Gasteiger partial charge in [0, 0.05) is 23.1 Å². The lowest BCUT2D eigenvalue weighted by Crippen LogP contribution is -2.41. The molecule has 96 valence electrons. The van der Waals surface area contributed by atoms with Crippen molar-refractivity contribution in [1.82, 2.24) is 9.71 Å². The first-order valence-corrected chi connectivity index (χ1v) is 8.11. The summed E-state index contributed by atoms with van der Waals surface area (Å²) in [5.74, 6) is 0.633. The first-order valence-electron chi connectivity index (χ1n) is 5.23. The summed E-state index contributed by atoms with van der Waals surface area (Å²) < 4.78 is 26.9. The lowest BCUT2D eigenvalue weighted by molar-refractivity contribution is 0.489. The molecule has 0 aliphatic carbocycles. The van der Waals surface area contributed by atoms with Crippen molar-refractivity contribution in [2.45, 2.75) is 37.1 Å². The summed E-state index contributed by atoms with van der Waals surface area (Å²) >= 11 is 1.57. The van der Waals surface area contributed by atoms with Gasteiger partial charge >= 0.3 is 0 Å². The van der Waals surface area contributed by atoms with Crippen LogP contribution in [0.5, 0.6) is 0 Å². The molecule has 0 radical (unpaired) electrons. The van der Waals surface area contributed by atoms with Crippen LogP contribution < -0.4 is 4.72 Å². The molecule has 0 fully saturated rings. The highest BCUT2D eigenvalue weighted by Gasteiger charge is 2.25. The lowest BCUT2D eigenvalue weighted by Gasteiger charge is -2.20. The third-order valence-electron chi connectivity index (χ3n) is 1.84. The average molecular weight is 274 g/mol. The Morgan fingerprint density at radius 2 is 2.06 bits per heavy atom. The van der Waals surface area contributed by atoms with Crippen LogP contribution in [-0.4, -0.2) is 25.2 Å². The smallest absolute Gasteiger partial charge is 0.243 e. The van der Waals surface area contributed by atoms with E-state index in [0.29, 0.717) is 5.75 Å². The van der Waals surface area contributed by atoms with E-state index < -0.39 is 15.6 Å². The van der Waals surface area contributed by atoms with Crippen LogP contribution in [0, 0.1) is 0 Å². The molecule has 0 aromatic carbocycles. The molecular formula is C11H18N2O2S2. The summed E-state index contributed by atoms with van der Waals surface area (Å²) in [6.07, 6.45) is 3.43. The predicted octanol–water partition coefficient (Wildman–Crippen LogP) is 2.02. The number of hydrogen-bond acceptors (Lipinski definition) is 4. The van der Waals surface area contributed by atoms with Crippen LogP contribution in [0.3, 0.4) is 0 Å². The molecule has 1 heterocycles. The molecule has 4 nitrogen and oxygen atoms in total. The van der Waals surface area contributed by atoms with Gasteiger partial charge in [-0.1, -0.05) is 6.07 Å². The van der Waals surface area contributed by atoms with Crippen LogP contribution in [0.4, 0.5) is 0 Å². The fourth-order valence-corrected chi connectivity index (χ4v) is 3.61. The van der Waals surface area contributed by atoms with Crippen molar-refractivity contribution >= 4 is 21.8 Å². The third-order valence-corrected chi connectivity index (χ3v) is 4.20. The van der Waals surface area contributed by atoms with E-state index in [0.717, 1.165) is 5.56 Å². The zero-order valence-corrected chi connectivity index (χ0v) is 12.2. The Labute approximate surface area is 107 Å². The molecule has 0 bridgehead atoms. The number of nitrogens with one attached hydrogen (secondary N) is 1. The van der Waals surface area contributed by atoms with Crippen LogP contribution in [0.2, 0.25) is 0 Å². The first kappa shape index (κ1) is 14.5. The maximum absolute atomic E-state index is 12.2. The largest absolute Gasteiger partial charge is 0.258 e. The highest BCUT2D eigenvalue weighted by molar-refractivity contribution is 7.97. The number of hydrogen-bond donors (Lipinski definition) is 1. The first-order chi connectivity index (χ1) is 7.76. The summed E-state index contributed by atoms with van der Waals surface area (Å²) in [5.41, 5.74) is 0.226. The molecule has 1 aromatic heterocycles. The summed E-state index contributed by atoms with van der Waals surface area (Å²) in [7, 11) is -3.55. The fourth-order valence-electron chi connectivity index (χ4n) is 1.38. The molecule has 0 unspecified atom stereocenters. The highest BCUT2D eigenvalue weighted by Crippen LogP contribution is 2.18. The van der Waals surface area contributed by atoms with Crippen LogP contribution >= 0.6 is 11.8 Å². The van der Waals surface area contributed by atoms with Gasteiger partial charge in [0.1, 0.15) is 0 Å². The standard InChI is InChI=1S/C11H18N2O2S2/c1-11(2,3)13-17(14,15)10-9(8-16-4)6-5-7-12-10/h5-7,13H,8H2,1-4H3. The highest BCUT2D eigenvalue weighted by atomic mass is 32.2. The van der Waals surface area contributed by atoms with Crippen molar-refractivity contribution in [1.29, 1.82) is 0 Å². The predicted molar refractivity (Wildman–Crippen MR) is 71.5 cm³/mol. The molecule has 0 spiro atoms. The minimum Gasteiger partial charge on any atom is -0.243 e. The van der Waals surface area contributed by atoms with E-state index in [2.05, 4.69) is 9.71 Å². The number of aromatic nitrogens is 1. The summed E-state index contributed by atoms with van der Waals surface area (Å²) in [6, 6.07) is 3.54. The van der Waals surface area contributed by atoms with Gasteiger partial charge in [-0.15, -0.1) is 0 Å². The second-order valence-corrected chi connectivity index (χ2v) is 7.22. The van der Waals surface area contributed by atoms with E-state index >= 15 is 0 Å². The van der Waals surface area contributed by atoms with E-state index in [1.54, 1.807) is 23.9 Å². The third kappa shape index (κ3) is 4.29.